The number of phenols is 1. The Morgan fingerprint density at radius 2 is 1.04 bits per heavy atom. The number of rotatable bonds is 44. The van der Waals surface area contributed by atoms with Crippen LogP contribution in [0.25, 0.3) is 0 Å². The lowest BCUT2D eigenvalue weighted by Gasteiger charge is -2.30. The summed E-state index contributed by atoms with van der Waals surface area (Å²) >= 11 is 0. The van der Waals surface area contributed by atoms with Gasteiger partial charge in [-0.3, -0.25) is 72.3 Å². The molecule has 1 aliphatic heterocycles. The standard InChI is InChI=1S/C65H107N21O16/c1-32(2)25-43(57(96)77-41(52(67)91)14-11-23-74-65(70)71)79-58(97)44(26-33(3)4)81-61(100)51(35(7)8)85-59(98)47(30-87)83-62(101)50(34(5)6)84-53(92)36(9)76-56(95)45(27-37-16-18-39(88)19-17-37)80-55(94)42(20-21-49(89)90)78-60(99)48-15-12-24-86(48)63(102)46(28-38-29-72-31-75-38)82-54(93)40(66)13-10-22-73-64(68)69/h16-19,29,31-36,40-48,50-51,87-88H,10-15,20-28,30,66H2,1-9H3,(H2,67,91)(H,72,75)(H,76,95)(H,77,96)(H,78,99)(H,79,97)(H,80,94)(H,81,100)(H,82,93)(H,83,101)(H,84,92)(H,85,98)(H,89,90)(H4,68,69,73)(H4,70,71,74)/t36-,40-,41-,42-,43-,44-,45-,46-,47-,48-,50-,51-/m0/s1. The molecule has 0 aliphatic carbocycles. The Bertz CT molecular complexity index is 3210. The van der Waals surface area contributed by atoms with Crippen LogP contribution in [-0.2, 0) is 75.2 Å². The van der Waals surface area contributed by atoms with E-state index in [0.29, 0.717) is 24.1 Å². The number of likely N-dealkylation sites (tertiary alicyclic amines) is 1. The molecule has 26 N–H and O–H groups in total. The van der Waals surface area contributed by atoms with E-state index in [2.05, 4.69) is 73.1 Å². The van der Waals surface area contributed by atoms with Crippen molar-refractivity contribution < 1.29 is 77.6 Å². The van der Waals surface area contributed by atoms with Gasteiger partial charge in [-0.15, -0.1) is 0 Å². The topological polar surface area (TPSA) is 616 Å². The van der Waals surface area contributed by atoms with Gasteiger partial charge in [0, 0.05) is 50.8 Å². The molecule has 0 radical (unpaired) electrons. The summed E-state index contributed by atoms with van der Waals surface area (Å²) in [6.45, 7) is 14.1. The molecule has 12 atom stereocenters. The predicted molar refractivity (Wildman–Crippen MR) is 373 cm³/mol. The van der Waals surface area contributed by atoms with E-state index in [1.807, 2.05) is 0 Å². The zero-order chi connectivity index (χ0) is 76.7. The number of aliphatic imine (C=N–C) groups is 2. The third kappa shape index (κ3) is 29.9. The van der Waals surface area contributed by atoms with Gasteiger partial charge >= 0.3 is 5.97 Å². The zero-order valence-corrected chi connectivity index (χ0v) is 59.4. The van der Waals surface area contributed by atoms with Crippen molar-refractivity contribution in [3.05, 3.63) is 48.0 Å². The third-order valence-corrected chi connectivity index (χ3v) is 16.4. The summed E-state index contributed by atoms with van der Waals surface area (Å²) in [5, 5.41) is 56.0. The van der Waals surface area contributed by atoms with Crippen molar-refractivity contribution in [2.45, 2.75) is 212 Å². The lowest BCUT2D eigenvalue weighted by molar-refractivity contribution is -0.142. The van der Waals surface area contributed by atoms with Crippen LogP contribution >= 0.6 is 0 Å². The molecule has 568 valence electrons. The van der Waals surface area contributed by atoms with Crippen LogP contribution in [0.15, 0.2) is 46.8 Å². The first-order valence-corrected chi connectivity index (χ1v) is 34.0. The Hall–Kier alpha value is -10.2. The number of nitrogens with two attached hydrogens (primary N) is 6. The number of hydrogen-bond donors (Lipinski definition) is 20. The first-order valence-electron chi connectivity index (χ1n) is 34.0. The number of nitrogens with one attached hydrogen (secondary N) is 11. The molecule has 1 fully saturated rings. The van der Waals surface area contributed by atoms with Crippen molar-refractivity contribution in [2.24, 2.45) is 68.1 Å². The lowest BCUT2D eigenvalue weighted by atomic mass is 9.98. The van der Waals surface area contributed by atoms with Crippen molar-refractivity contribution >= 4 is 88.8 Å². The molecular formula is C65H107N21O16. The van der Waals surface area contributed by atoms with Crippen LogP contribution in [0, 0.1) is 23.7 Å². The number of H-pyrrole nitrogens is 1. The minimum Gasteiger partial charge on any atom is -0.508 e. The quantitative estimate of drug-likeness (QED) is 0.0168. The van der Waals surface area contributed by atoms with Crippen LogP contribution in [0.1, 0.15) is 138 Å². The number of imidazole rings is 1. The van der Waals surface area contributed by atoms with Crippen molar-refractivity contribution in [1.82, 2.24) is 68.0 Å². The molecule has 1 aromatic carbocycles. The van der Waals surface area contributed by atoms with Gasteiger partial charge in [-0.2, -0.15) is 0 Å². The summed E-state index contributed by atoms with van der Waals surface area (Å²) in [5.41, 5.74) is 34.2. The minimum atomic E-state index is -1.73. The number of carboxylic acid groups (broad SMARTS) is 1. The number of phenolic OH excluding ortho intramolecular Hbond substituents is 1. The second-order valence-electron chi connectivity index (χ2n) is 26.7. The molecule has 37 nitrogen and oxygen atoms in total. The van der Waals surface area contributed by atoms with Crippen molar-refractivity contribution in [1.29, 1.82) is 0 Å². The van der Waals surface area contributed by atoms with Crippen LogP contribution in [0.3, 0.4) is 0 Å². The fraction of sp³-hybridized carbons (Fsp3) is 0.631. The van der Waals surface area contributed by atoms with E-state index in [4.69, 9.17) is 34.4 Å². The number of guanidine groups is 2. The number of aliphatic carboxylic acids is 1. The number of carboxylic acids is 1. The number of carbonyl (C=O) groups is 13. The van der Waals surface area contributed by atoms with Gasteiger partial charge in [0.25, 0.3) is 0 Å². The van der Waals surface area contributed by atoms with Gasteiger partial charge in [-0.25, -0.2) is 4.98 Å². The molecule has 0 unspecified atom stereocenters. The molecule has 0 bridgehead atoms. The summed E-state index contributed by atoms with van der Waals surface area (Å²) in [6.07, 6.45) is 2.69. The molecule has 3 rings (SSSR count). The van der Waals surface area contributed by atoms with Crippen LogP contribution in [0.5, 0.6) is 5.75 Å². The number of nitrogens with zero attached hydrogens (tertiary/aromatic N) is 4. The largest absolute Gasteiger partial charge is 0.508 e. The van der Waals surface area contributed by atoms with E-state index in [0.717, 1.165) is 0 Å². The number of carbonyl (C=O) groups excluding carboxylic acids is 12. The maximum absolute atomic E-state index is 14.4. The highest BCUT2D eigenvalue weighted by atomic mass is 16.4. The Morgan fingerprint density at radius 1 is 0.559 bits per heavy atom. The number of aromatic hydroxyl groups is 1. The first-order chi connectivity index (χ1) is 47.9. The van der Waals surface area contributed by atoms with Crippen molar-refractivity contribution in [3.63, 3.8) is 0 Å². The van der Waals surface area contributed by atoms with Gasteiger partial charge < -0.3 is 113 Å². The summed E-state index contributed by atoms with van der Waals surface area (Å²) in [6, 6.07) is -10.9. The second-order valence-corrected chi connectivity index (χ2v) is 26.7. The number of aliphatic hydroxyl groups excluding tert-OH is 1. The lowest BCUT2D eigenvalue weighted by Crippen LogP contribution is -2.62. The molecule has 0 saturated carbocycles. The van der Waals surface area contributed by atoms with Crippen LogP contribution in [0.4, 0.5) is 0 Å². The van der Waals surface area contributed by atoms with E-state index in [9.17, 15) is 77.6 Å². The third-order valence-electron chi connectivity index (χ3n) is 16.4. The molecular weight excluding hydrogens is 1330 g/mol. The Labute approximate surface area is 592 Å². The smallest absolute Gasteiger partial charge is 0.303 e. The number of aromatic amines is 1. The van der Waals surface area contributed by atoms with Crippen molar-refractivity contribution in [3.8, 4) is 5.75 Å². The van der Waals surface area contributed by atoms with Crippen LogP contribution < -0.4 is 87.6 Å². The van der Waals surface area contributed by atoms with E-state index >= 15 is 0 Å². The predicted octanol–water partition coefficient (Wildman–Crippen LogP) is -5.06. The van der Waals surface area contributed by atoms with Crippen molar-refractivity contribution in [2.75, 3.05) is 26.2 Å². The molecule has 1 aliphatic rings. The zero-order valence-electron chi connectivity index (χ0n) is 59.4. The number of primary amides is 1. The fourth-order valence-electron chi connectivity index (χ4n) is 10.8. The maximum Gasteiger partial charge on any atom is 0.303 e. The van der Waals surface area contributed by atoms with Gasteiger partial charge in [0.15, 0.2) is 11.9 Å². The number of aliphatic hydroxyl groups is 1. The molecule has 1 aromatic heterocycles. The SMILES string of the molecule is CC(C)C[C@H](NC(=O)[C@H](CC(C)C)NC(=O)[C@@H](NC(=O)[C@H](CO)NC(=O)[C@@H](NC(=O)[C@H](C)NC(=O)[C@H](Cc1ccc(O)cc1)NC(=O)[C@H](CCC(=O)O)NC(=O)[C@@H]1CCCN1C(=O)[C@H](Cc1cnc[nH]1)NC(=O)[C@@H](N)CCCN=C(N)N)C(C)C)C(C)C)C(=O)N[C@@H](CCCN=C(N)N)C(N)=O. The number of amides is 12. The fourth-order valence-corrected chi connectivity index (χ4v) is 10.8. The summed E-state index contributed by atoms with van der Waals surface area (Å²) in [4.78, 5) is 195. The van der Waals surface area contributed by atoms with Crippen LogP contribution in [-0.4, -0.2) is 218 Å². The molecule has 2 aromatic rings. The number of benzene rings is 1. The van der Waals surface area contributed by atoms with E-state index in [1.165, 1.54) is 48.6 Å². The second kappa shape index (κ2) is 42.8. The Kier molecular flexibility index (Phi) is 36.1. The summed E-state index contributed by atoms with van der Waals surface area (Å²) < 4.78 is 0. The highest BCUT2D eigenvalue weighted by molar-refractivity contribution is 6.00. The molecule has 2 heterocycles. The van der Waals surface area contributed by atoms with Crippen LogP contribution in [0.2, 0.25) is 0 Å². The normalized spacial score (nSPS) is 16.0. The molecule has 37 heteroatoms. The Morgan fingerprint density at radius 3 is 1.54 bits per heavy atom. The highest BCUT2D eigenvalue weighted by Gasteiger charge is 2.41. The minimum absolute atomic E-state index is 0.0434. The highest BCUT2D eigenvalue weighted by Crippen LogP contribution is 2.22. The van der Waals surface area contributed by atoms with Gasteiger partial charge in [0.2, 0.25) is 70.9 Å². The molecule has 12 amide bonds. The van der Waals surface area contributed by atoms with Gasteiger partial charge in [0.05, 0.1) is 19.0 Å². The summed E-state index contributed by atoms with van der Waals surface area (Å²) in [7, 11) is 0. The number of aromatic nitrogens is 2. The number of hydrogen-bond acceptors (Lipinski definition) is 19. The Balaban J connectivity index is 1.81. The van der Waals surface area contributed by atoms with Gasteiger partial charge in [-0.1, -0.05) is 67.5 Å². The average molecular weight is 1440 g/mol. The van der Waals surface area contributed by atoms with E-state index < -0.39 is 181 Å². The average Bonchev–Trinajstić information content (AvgIpc) is 1.59. The molecule has 102 heavy (non-hydrogen) atoms. The molecule has 0 spiro atoms. The first kappa shape index (κ1) is 86.0. The summed E-state index contributed by atoms with van der Waals surface area (Å²) in [5.74, 6) is -13.9. The van der Waals surface area contributed by atoms with Gasteiger partial charge in [0.1, 0.15) is 72.2 Å². The maximum atomic E-state index is 14.4. The monoisotopic (exact) mass is 1440 g/mol. The van der Waals surface area contributed by atoms with E-state index in [-0.39, 0.29) is 101 Å². The molecule has 1 saturated heterocycles. The van der Waals surface area contributed by atoms with E-state index in [1.54, 1.807) is 55.4 Å². The van der Waals surface area contributed by atoms with Gasteiger partial charge in [-0.05, 0) is 106 Å².